The van der Waals surface area contributed by atoms with E-state index in [0.717, 1.165) is 0 Å². The average molecular weight is 755 g/mol. The normalized spacial score (nSPS) is 24.1. The fourth-order valence-corrected chi connectivity index (χ4v) is 10.1. The first-order valence-corrected chi connectivity index (χ1v) is 16.8. The molecule has 1 saturated heterocycles. The summed E-state index contributed by atoms with van der Waals surface area (Å²) < 4.78 is 47.5. The number of halogens is 8. The van der Waals surface area contributed by atoms with E-state index in [1.807, 2.05) is 0 Å². The number of ether oxygens (including phenoxy) is 2. The van der Waals surface area contributed by atoms with Crippen LogP contribution >= 0.6 is 100 Å². The van der Waals surface area contributed by atoms with Gasteiger partial charge >= 0.3 is 274 Å². The molecule has 0 amide bonds. The van der Waals surface area contributed by atoms with Crippen LogP contribution in [0.15, 0.2) is 0 Å². The van der Waals surface area contributed by atoms with Crippen LogP contribution in [0.5, 0.6) is 23.0 Å². The summed E-state index contributed by atoms with van der Waals surface area (Å²) in [6.07, 6.45) is 0. The Hall–Kier alpha value is -0.750. The molecule has 0 unspecified atom stereocenters. The standard InChI is InChI=1S/C22H16Cl8O10P/c1-3-33-21(31)7-5-35-41(36-6-8(7)22(32)34-4-2,37-17-13(27)9(23)10(24)14(28)18(17)38-41)39-19-15(29)11(25)12(26)16(30)20(19)40-41/h7-8H,3-6H2,1-2H3/q-1/t7-,8-/m1/s1. The number of carbonyl (C=O) groups is 2. The van der Waals surface area contributed by atoms with Crippen molar-refractivity contribution >= 4 is 112 Å². The van der Waals surface area contributed by atoms with Gasteiger partial charge in [0.15, 0.2) is 0 Å². The van der Waals surface area contributed by atoms with E-state index >= 15 is 0 Å². The summed E-state index contributed by atoms with van der Waals surface area (Å²) in [7, 11) is -6.85. The summed E-state index contributed by atoms with van der Waals surface area (Å²) in [6.45, 7) is 1.70. The second-order valence-electron chi connectivity index (χ2n) is 8.62. The van der Waals surface area contributed by atoms with Crippen LogP contribution in [0.1, 0.15) is 13.8 Å². The van der Waals surface area contributed by atoms with Gasteiger partial charge in [0.1, 0.15) is 0 Å². The summed E-state index contributed by atoms with van der Waals surface area (Å²) in [5.41, 5.74) is 0. The zero-order chi connectivity index (χ0) is 30.1. The monoisotopic (exact) mass is 751 g/mol. The van der Waals surface area contributed by atoms with Gasteiger partial charge < -0.3 is 0 Å². The SMILES string of the molecule is CCOC(=O)[C@@H]1CO[P-]23(OC[C@H]1C(=O)OCC)(Oc1c(Cl)c(Cl)c(Cl)c(Cl)c1O2)Oc1c(Cl)c(Cl)c(Cl)c(Cl)c1O3. The molecule has 41 heavy (non-hydrogen) atoms. The summed E-state index contributed by atoms with van der Waals surface area (Å²) in [5, 5.41) is -2.10. The maximum absolute atomic E-state index is 13.0. The average Bonchev–Trinajstić information content (AvgIpc) is 3.37. The van der Waals surface area contributed by atoms with E-state index < -0.39 is 44.3 Å². The number of benzene rings is 2. The Balaban J connectivity index is 1.77. The van der Waals surface area contributed by atoms with Crippen molar-refractivity contribution in [1.82, 2.24) is 0 Å². The summed E-state index contributed by atoms with van der Waals surface area (Å²) in [4.78, 5) is 26.1. The van der Waals surface area contributed by atoms with Gasteiger partial charge in [-0.25, -0.2) is 0 Å². The van der Waals surface area contributed by atoms with Crippen LogP contribution < -0.4 is 18.1 Å². The van der Waals surface area contributed by atoms with Crippen molar-refractivity contribution in [1.29, 1.82) is 0 Å². The molecule has 0 aliphatic carbocycles. The summed E-state index contributed by atoms with van der Waals surface area (Å²) >= 11 is 50.9. The first-order valence-electron chi connectivity index (χ1n) is 11.5. The number of rotatable bonds is 4. The molecule has 5 rings (SSSR count). The third kappa shape index (κ3) is 4.56. The Morgan fingerprint density at radius 2 is 0.854 bits per heavy atom. The second kappa shape index (κ2) is 10.4. The molecular weight excluding hydrogens is 739 g/mol. The van der Waals surface area contributed by atoms with Gasteiger partial charge in [-0.3, -0.25) is 0 Å². The van der Waals surface area contributed by atoms with Crippen LogP contribution in [-0.4, -0.2) is 38.4 Å². The number of fused-ring (bicyclic) bond motifs is 2. The van der Waals surface area contributed by atoms with Gasteiger partial charge in [0.25, 0.3) is 0 Å². The third-order valence-electron chi connectivity index (χ3n) is 6.18. The third-order valence-corrected chi connectivity index (χ3v) is 13.3. The number of carbonyl (C=O) groups excluding carboxylic acids is 2. The quantitative estimate of drug-likeness (QED) is 0.130. The fourth-order valence-electron chi connectivity index (χ4n) is 4.27. The first kappa shape index (κ1) is 31.7. The van der Waals surface area contributed by atoms with Crippen molar-refractivity contribution in [2.75, 3.05) is 26.4 Å². The van der Waals surface area contributed by atoms with E-state index in [1.165, 1.54) is 0 Å². The molecule has 2 aromatic rings. The molecule has 19 heteroatoms. The van der Waals surface area contributed by atoms with Crippen molar-refractivity contribution in [2.45, 2.75) is 13.8 Å². The molecule has 3 heterocycles. The molecule has 3 aliphatic heterocycles. The molecule has 0 bridgehead atoms. The minimum absolute atomic E-state index is 0.0150. The molecule has 1 spiro atoms. The van der Waals surface area contributed by atoms with Gasteiger partial charge in [0.05, 0.1) is 0 Å². The van der Waals surface area contributed by atoms with Crippen LogP contribution in [0.4, 0.5) is 0 Å². The second-order valence-corrected chi connectivity index (χ2v) is 15.1. The fraction of sp³-hybridized carbons (Fsp3) is 0.364. The Bertz CT molecular complexity index is 1340. The molecule has 1 fully saturated rings. The maximum atomic E-state index is 13.0. The summed E-state index contributed by atoms with van der Waals surface area (Å²) in [6, 6.07) is 0. The molecule has 3 aliphatic rings. The topological polar surface area (TPSA) is 108 Å². The molecule has 2 aromatic carbocycles. The molecule has 10 nitrogen and oxygen atoms in total. The molecular formula is C22H16Cl8O10P-. The van der Waals surface area contributed by atoms with E-state index in [2.05, 4.69) is 0 Å². The van der Waals surface area contributed by atoms with Crippen LogP contribution in [-0.2, 0) is 28.1 Å². The van der Waals surface area contributed by atoms with E-state index in [-0.39, 0.29) is 76.4 Å². The molecule has 0 saturated carbocycles. The molecule has 0 aromatic heterocycles. The Morgan fingerprint density at radius 1 is 0.585 bits per heavy atom. The van der Waals surface area contributed by atoms with E-state index in [0.29, 0.717) is 0 Å². The van der Waals surface area contributed by atoms with E-state index in [1.54, 1.807) is 13.8 Å². The van der Waals surface area contributed by atoms with Gasteiger partial charge in [-0.05, 0) is 0 Å². The van der Waals surface area contributed by atoms with Crippen LogP contribution in [0.25, 0.3) is 0 Å². The van der Waals surface area contributed by atoms with Crippen LogP contribution in [0.3, 0.4) is 0 Å². The first-order chi connectivity index (χ1) is 19.2. The number of hydrogen-bond acceptors (Lipinski definition) is 10. The summed E-state index contributed by atoms with van der Waals surface area (Å²) in [5.74, 6) is -5.84. The van der Waals surface area contributed by atoms with Crippen molar-refractivity contribution in [3.05, 3.63) is 40.2 Å². The molecule has 226 valence electrons. The zero-order valence-corrected chi connectivity index (χ0v) is 27.5. The molecule has 2 atom stereocenters. The van der Waals surface area contributed by atoms with Gasteiger partial charge in [-0.15, -0.1) is 0 Å². The van der Waals surface area contributed by atoms with Crippen LogP contribution in [0.2, 0.25) is 40.2 Å². The van der Waals surface area contributed by atoms with Gasteiger partial charge in [-0.1, -0.05) is 0 Å². The van der Waals surface area contributed by atoms with Crippen molar-refractivity contribution < 1.29 is 46.2 Å². The number of esters is 2. The Kier molecular flexibility index (Phi) is 8.05. The van der Waals surface area contributed by atoms with E-state index in [4.69, 9.17) is 129 Å². The van der Waals surface area contributed by atoms with Crippen LogP contribution in [0, 0.1) is 11.8 Å². The van der Waals surface area contributed by atoms with Gasteiger partial charge in [0.2, 0.25) is 0 Å². The van der Waals surface area contributed by atoms with E-state index in [9.17, 15) is 9.59 Å². The van der Waals surface area contributed by atoms with Gasteiger partial charge in [-0.2, -0.15) is 0 Å². The van der Waals surface area contributed by atoms with Gasteiger partial charge in [0, 0.05) is 0 Å². The Labute approximate surface area is 272 Å². The van der Waals surface area contributed by atoms with Crippen molar-refractivity contribution in [2.24, 2.45) is 11.8 Å². The minimum atomic E-state index is -6.85. The zero-order valence-electron chi connectivity index (χ0n) is 20.5. The predicted molar refractivity (Wildman–Crippen MR) is 155 cm³/mol. The molecule has 0 radical (unpaired) electrons. The molecule has 0 N–H and O–H groups in total. The Morgan fingerprint density at radius 3 is 1.10 bits per heavy atom. The van der Waals surface area contributed by atoms with Crippen molar-refractivity contribution in [3.8, 4) is 23.0 Å². The van der Waals surface area contributed by atoms with Crippen molar-refractivity contribution in [3.63, 3.8) is 0 Å². The predicted octanol–water partition coefficient (Wildman–Crippen LogP) is 9.14. The number of hydrogen-bond donors (Lipinski definition) is 0.